The molecule has 0 fully saturated rings. The summed E-state index contributed by atoms with van der Waals surface area (Å²) in [5.41, 5.74) is 1.41. The van der Waals surface area contributed by atoms with Gasteiger partial charge in [0.25, 0.3) is 0 Å². The first kappa shape index (κ1) is 8.37. The molecule has 2 rings (SSSR count). The Balaban J connectivity index is 2.47. The van der Waals surface area contributed by atoms with E-state index >= 15 is 0 Å². The van der Waals surface area contributed by atoms with Crippen molar-refractivity contribution in [1.82, 2.24) is 15.2 Å². The standard InChI is InChI=1S/C8H5BrFN3/c9-6-4-12-13-8(6)7-2-1-5(10)3-11-7/h1-4H,(H,12,13). The third-order valence-electron chi connectivity index (χ3n) is 1.58. The smallest absolute Gasteiger partial charge is 0.141 e. The highest BCUT2D eigenvalue weighted by Crippen LogP contribution is 2.23. The lowest BCUT2D eigenvalue weighted by Crippen LogP contribution is -1.85. The van der Waals surface area contributed by atoms with Crippen LogP contribution in [0.4, 0.5) is 4.39 Å². The van der Waals surface area contributed by atoms with Gasteiger partial charge in [-0.3, -0.25) is 10.1 Å². The molecule has 2 aromatic heterocycles. The highest BCUT2D eigenvalue weighted by Gasteiger charge is 2.05. The molecule has 2 aromatic rings. The number of hydrogen-bond donors (Lipinski definition) is 1. The zero-order valence-corrected chi connectivity index (χ0v) is 8.05. The first-order chi connectivity index (χ1) is 6.27. The summed E-state index contributed by atoms with van der Waals surface area (Å²) in [6, 6.07) is 2.95. The van der Waals surface area contributed by atoms with Gasteiger partial charge in [0.05, 0.1) is 28.3 Å². The average molecular weight is 242 g/mol. The molecule has 0 aliphatic carbocycles. The lowest BCUT2D eigenvalue weighted by molar-refractivity contribution is 0.622. The largest absolute Gasteiger partial charge is 0.275 e. The number of nitrogens with zero attached hydrogens (tertiary/aromatic N) is 2. The molecule has 2 heterocycles. The predicted molar refractivity (Wildman–Crippen MR) is 49.5 cm³/mol. The van der Waals surface area contributed by atoms with Crippen molar-refractivity contribution >= 4 is 15.9 Å². The Morgan fingerprint density at radius 1 is 1.31 bits per heavy atom. The molecule has 0 aliphatic rings. The van der Waals surface area contributed by atoms with Crippen molar-refractivity contribution < 1.29 is 4.39 Å². The summed E-state index contributed by atoms with van der Waals surface area (Å²) in [6.45, 7) is 0. The predicted octanol–water partition coefficient (Wildman–Crippen LogP) is 2.37. The second kappa shape index (κ2) is 3.26. The van der Waals surface area contributed by atoms with Crippen LogP contribution in [0.5, 0.6) is 0 Å². The number of rotatable bonds is 1. The van der Waals surface area contributed by atoms with E-state index in [2.05, 4.69) is 31.1 Å². The van der Waals surface area contributed by atoms with Crippen LogP contribution in [0.15, 0.2) is 29.0 Å². The van der Waals surface area contributed by atoms with E-state index in [1.54, 1.807) is 12.3 Å². The number of halogens is 2. The van der Waals surface area contributed by atoms with Crippen LogP contribution in [0.2, 0.25) is 0 Å². The fraction of sp³-hybridized carbons (Fsp3) is 0. The number of aromatic amines is 1. The Hall–Kier alpha value is -1.23. The van der Waals surface area contributed by atoms with Gasteiger partial charge in [-0.1, -0.05) is 0 Å². The van der Waals surface area contributed by atoms with Gasteiger partial charge in [0.15, 0.2) is 0 Å². The molecule has 0 saturated heterocycles. The second-order valence-corrected chi connectivity index (χ2v) is 3.31. The number of aromatic nitrogens is 3. The van der Waals surface area contributed by atoms with Gasteiger partial charge in [-0.15, -0.1) is 0 Å². The fourth-order valence-electron chi connectivity index (χ4n) is 0.975. The summed E-state index contributed by atoms with van der Waals surface area (Å²) in [7, 11) is 0. The van der Waals surface area contributed by atoms with Crippen LogP contribution in [0, 0.1) is 5.82 Å². The minimum atomic E-state index is -0.348. The van der Waals surface area contributed by atoms with E-state index in [0.717, 1.165) is 10.2 Å². The molecule has 3 nitrogen and oxygen atoms in total. The minimum Gasteiger partial charge on any atom is -0.275 e. The summed E-state index contributed by atoms with van der Waals surface area (Å²) in [5, 5.41) is 6.57. The van der Waals surface area contributed by atoms with Crippen molar-refractivity contribution in [3.05, 3.63) is 34.8 Å². The molecule has 5 heteroatoms. The van der Waals surface area contributed by atoms with Crippen LogP contribution in [0.3, 0.4) is 0 Å². The summed E-state index contributed by atoms with van der Waals surface area (Å²) >= 11 is 3.29. The minimum absolute atomic E-state index is 0.348. The quantitative estimate of drug-likeness (QED) is 0.833. The molecular weight excluding hydrogens is 237 g/mol. The van der Waals surface area contributed by atoms with E-state index in [9.17, 15) is 4.39 Å². The molecular formula is C8H5BrFN3. The molecule has 0 spiro atoms. The molecule has 0 aliphatic heterocycles. The van der Waals surface area contributed by atoms with Crippen LogP contribution >= 0.6 is 15.9 Å². The van der Waals surface area contributed by atoms with Crippen molar-refractivity contribution in [3.63, 3.8) is 0 Å². The van der Waals surface area contributed by atoms with Crippen molar-refractivity contribution in [1.29, 1.82) is 0 Å². The normalized spacial score (nSPS) is 10.3. The maximum Gasteiger partial charge on any atom is 0.141 e. The van der Waals surface area contributed by atoms with E-state index in [1.807, 2.05) is 0 Å². The Bertz CT molecular complexity index is 410. The van der Waals surface area contributed by atoms with E-state index < -0.39 is 0 Å². The topological polar surface area (TPSA) is 41.6 Å². The van der Waals surface area contributed by atoms with E-state index in [-0.39, 0.29) is 5.82 Å². The molecule has 0 saturated carbocycles. The Kier molecular flexibility index (Phi) is 2.10. The summed E-state index contributed by atoms with van der Waals surface area (Å²) < 4.78 is 13.3. The lowest BCUT2D eigenvalue weighted by Gasteiger charge is -1.96. The van der Waals surface area contributed by atoms with Crippen molar-refractivity contribution in [2.75, 3.05) is 0 Å². The zero-order chi connectivity index (χ0) is 9.26. The maximum absolute atomic E-state index is 12.5. The van der Waals surface area contributed by atoms with Gasteiger partial charge in [0.1, 0.15) is 5.82 Å². The molecule has 0 amide bonds. The molecule has 66 valence electrons. The van der Waals surface area contributed by atoms with Gasteiger partial charge in [0.2, 0.25) is 0 Å². The molecule has 0 radical (unpaired) electrons. The van der Waals surface area contributed by atoms with Crippen LogP contribution in [0.1, 0.15) is 0 Å². The van der Waals surface area contributed by atoms with Crippen molar-refractivity contribution in [2.45, 2.75) is 0 Å². The molecule has 13 heavy (non-hydrogen) atoms. The van der Waals surface area contributed by atoms with Crippen molar-refractivity contribution in [2.24, 2.45) is 0 Å². The highest BCUT2D eigenvalue weighted by molar-refractivity contribution is 9.10. The van der Waals surface area contributed by atoms with Gasteiger partial charge < -0.3 is 0 Å². The first-order valence-corrected chi connectivity index (χ1v) is 4.37. The summed E-state index contributed by atoms with van der Waals surface area (Å²) in [6.07, 6.45) is 2.79. The number of hydrogen-bond acceptors (Lipinski definition) is 2. The van der Waals surface area contributed by atoms with E-state index in [0.29, 0.717) is 5.69 Å². The molecule has 0 bridgehead atoms. The van der Waals surface area contributed by atoms with Crippen LogP contribution in [-0.2, 0) is 0 Å². The van der Waals surface area contributed by atoms with E-state index in [4.69, 9.17) is 0 Å². The van der Waals surface area contributed by atoms with Gasteiger partial charge in [-0.2, -0.15) is 5.10 Å². The molecule has 1 N–H and O–H groups in total. The SMILES string of the molecule is Fc1ccc(-c2[nH]ncc2Br)nc1. The number of nitrogens with one attached hydrogen (secondary N) is 1. The van der Waals surface area contributed by atoms with Crippen LogP contribution in [0.25, 0.3) is 11.4 Å². The number of H-pyrrole nitrogens is 1. The Morgan fingerprint density at radius 2 is 2.15 bits per heavy atom. The zero-order valence-electron chi connectivity index (χ0n) is 6.46. The molecule has 0 unspecified atom stereocenters. The third-order valence-corrected chi connectivity index (χ3v) is 2.18. The number of pyridine rings is 1. The van der Waals surface area contributed by atoms with Crippen LogP contribution in [-0.4, -0.2) is 15.2 Å². The van der Waals surface area contributed by atoms with Gasteiger partial charge in [-0.05, 0) is 28.1 Å². The van der Waals surface area contributed by atoms with Gasteiger partial charge in [0, 0.05) is 0 Å². The average Bonchev–Trinajstić information content (AvgIpc) is 2.53. The first-order valence-electron chi connectivity index (χ1n) is 3.58. The van der Waals surface area contributed by atoms with E-state index in [1.165, 1.54) is 12.3 Å². The Labute approximate surface area is 82.1 Å². The highest BCUT2D eigenvalue weighted by atomic mass is 79.9. The van der Waals surface area contributed by atoms with Crippen molar-refractivity contribution in [3.8, 4) is 11.4 Å². The Morgan fingerprint density at radius 3 is 2.69 bits per heavy atom. The second-order valence-electron chi connectivity index (χ2n) is 2.45. The summed E-state index contributed by atoms with van der Waals surface area (Å²) in [5.74, 6) is -0.348. The third kappa shape index (κ3) is 1.60. The maximum atomic E-state index is 12.5. The lowest BCUT2D eigenvalue weighted by atomic mass is 10.3. The summed E-state index contributed by atoms with van der Waals surface area (Å²) in [4.78, 5) is 3.91. The van der Waals surface area contributed by atoms with Gasteiger partial charge in [-0.25, -0.2) is 4.39 Å². The molecule has 0 atom stereocenters. The fourth-order valence-corrected chi connectivity index (χ4v) is 1.37. The molecule has 0 aromatic carbocycles. The van der Waals surface area contributed by atoms with Gasteiger partial charge >= 0.3 is 0 Å². The monoisotopic (exact) mass is 241 g/mol. The van der Waals surface area contributed by atoms with Crippen LogP contribution < -0.4 is 0 Å².